The number of hydrogen-bond donors (Lipinski definition) is 2. The Labute approximate surface area is 253 Å². The summed E-state index contributed by atoms with van der Waals surface area (Å²) in [5.41, 5.74) is 2.71. The molecule has 0 radical (unpaired) electrons. The molecular formula is C32H32N6O6. The molecule has 3 aromatic carbocycles. The lowest BCUT2D eigenvalue weighted by molar-refractivity contribution is -0.123. The summed E-state index contributed by atoms with van der Waals surface area (Å²) in [6, 6.07) is 21.7. The van der Waals surface area contributed by atoms with Gasteiger partial charge in [0.2, 0.25) is 5.91 Å². The number of rotatable bonds is 3. The first-order valence-corrected chi connectivity index (χ1v) is 14.3. The van der Waals surface area contributed by atoms with Gasteiger partial charge in [-0.25, -0.2) is 4.68 Å². The van der Waals surface area contributed by atoms with E-state index in [0.717, 1.165) is 16.8 Å². The van der Waals surface area contributed by atoms with Crippen LogP contribution in [0.4, 0.5) is 0 Å². The molecule has 2 N–H and O–H groups in total. The molecule has 3 aliphatic rings. The van der Waals surface area contributed by atoms with E-state index in [1.807, 2.05) is 48.5 Å². The molecule has 226 valence electrons. The van der Waals surface area contributed by atoms with Crippen LogP contribution in [0.2, 0.25) is 0 Å². The van der Waals surface area contributed by atoms with Crippen LogP contribution in [0.3, 0.4) is 0 Å². The summed E-state index contributed by atoms with van der Waals surface area (Å²) in [4.78, 5) is 40.7. The van der Waals surface area contributed by atoms with Gasteiger partial charge < -0.3 is 29.7 Å². The Hall–Kier alpha value is -5.39. The zero-order chi connectivity index (χ0) is 30.5. The van der Waals surface area contributed by atoms with Crippen LogP contribution in [0.1, 0.15) is 28.0 Å². The van der Waals surface area contributed by atoms with E-state index in [2.05, 4.69) is 20.9 Å². The van der Waals surface area contributed by atoms with Crippen LogP contribution >= 0.6 is 0 Å². The molecule has 44 heavy (non-hydrogen) atoms. The van der Waals surface area contributed by atoms with Crippen LogP contribution in [-0.4, -0.2) is 76.6 Å². The van der Waals surface area contributed by atoms with Crippen molar-refractivity contribution in [1.82, 2.24) is 30.5 Å². The topological polar surface area (TPSA) is 137 Å². The van der Waals surface area contributed by atoms with Crippen molar-refractivity contribution in [3.63, 3.8) is 0 Å². The van der Waals surface area contributed by atoms with Crippen LogP contribution in [0.15, 0.2) is 79.0 Å². The van der Waals surface area contributed by atoms with Crippen molar-refractivity contribution < 1.29 is 28.6 Å². The summed E-state index contributed by atoms with van der Waals surface area (Å²) in [7, 11) is 1.53. The van der Waals surface area contributed by atoms with Gasteiger partial charge >= 0.3 is 0 Å². The molecule has 0 saturated carbocycles. The number of nitrogens with one attached hydrogen (secondary N) is 2. The lowest BCUT2D eigenvalue weighted by Crippen LogP contribution is -2.45. The van der Waals surface area contributed by atoms with Crippen molar-refractivity contribution in [1.29, 1.82) is 0 Å². The monoisotopic (exact) mass is 596 g/mol. The summed E-state index contributed by atoms with van der Waals surface area (Å²) in [5.74, 6) is 0.732. The third-order valence-corrected chi connectivity index (χ3v) is 7.56. The lowest BCUT2D eigenvalue weighted by atomic mass is 10.1. The fourth-order valence-corrected chi connectivity index (χ4v) is 5.21. The Kier molecular flexibility index (Phi) is 8.39. The van der Waals surface area contributed by atoms with Crippen LogP contribution in [0, 0.1) is 0 Å². The van der Waals surface area contributed by atoms with Gasteiger partial charge in [-0.1, -0.05) is 41.6 Å². The second kappa shape index (κ2) is 12.9. The first kappa shape index (κ1) is 28.7. The number of benzene rings is 3. The zero-order valence-corrected chi connectivity index (χ0v) is 24.1. The number of methoxy groups -OCH3 is 1. The predicted molar refractivity (Wildman–Crippen MR) is 159 cm³/mol. The summed E-state index contributed by atoms with van der Waals surface area (Å²) >= 11 is 0. The number of hydrogen-bond acceptors (Lipinski definition) is 8. The van der Waals surface area contributed by atoms with Crippen molar-refractivity contribution in [2.75, 3.05) is 26.8 Å². The van der Waals surface area contributed by atoms with Crippen molar-refractivity contribution in [3.8, 4) is 22.9 Å². The third-order valence-electron chi connectivity index (χ3n) is 7.56. The Morgan fingerprint density at radius 3 is 2.55 bits per heavy atom. The highest BCUT2D eigenvalue weighted by molar-refractivity contribution is 5.92. The minimum atomic E-state index is -0.499. The fraction of sp³-hybridized carbons (Fsp3) is 0.281. The van der Waals surface area contributed by atoms with Crippen LogP contribution in [0.25, 0.3) is 5.69 Å². The molecule has 3 amide bonds. The third kappa shape index (κ3) is 6.64. The van der Waals surface area contributed by atoms with Crippen molar-refractivity contribution in [3.05, 3.63) is 95.8 Å². The van der Waals surface area contributed by atoms with Crippen LogP contribution in [0.5, 0.6) is 17.2 Å². The summed E-state index contributed by atoms with van der Waals surface area (Å²) < 4.78 is 19.0. The molecule has 4 heterocycles. The van der Waals surface area contributed by atoms with E-state index in [-0.39, 0.29) is 49.5 Å². The lowest BCUT2D eigenvalue weighted by Gasteiger charge is -2.21. The van der Waals surface area contributed by atoms with E-state index >= 15 is 0 Å². The molecule has 1 fully saturated rings. The van der Waals surface area contributed by atoms with E-state index in [4.69, 9.17) is 14.2 Å². The molecule has 2 atom stereocenters. The van der Waals surface area contributed by atoms with Crippen LogP contribution < -0.4 is 24.8 Å². The average molecular weight is 597 g/mol. The number of para-hydroxylation sites is 1. The largest absolute Gasteiger partial charge is 0.493 e. The minimum absolute atomic E-state index is 0.178. The average Bonchev–Trinajstić information content (AvgIpc) is 3.70. The quantitative estimate of drug-likeness (QED) is 0.368. The number of likely N-dealkylation sites (tertiary alicyclic amines) is 1. The molecule has 12 heteroatoms. The maximum atomic E-state index is 13.5. The summed E-state index contributed by atoms with van der Waals surface area (Å²) in [6.07, 6.45) is 1.73. The number of ether oxygens (including phenoxy) is 3. The number of amides is 3. The Balaban J connectivity index is 1.22. The number of aromatic nitrogens is 3. The highest BCUT2D eigenvalue weighted by atomic mass is 16.5. The second-order valence-electron chi connectivity index (χ2n) is 10.6. The van der Waals surface area contributed by atoms with Crippen molar-refractivity contribution >= 4 is 17.7 Å². The molecular weight excluding hydrogens is 564 g/mol. The summed E-state index contributed by atoms with van der Waals surface area (Å²) in [6.45, 7) is 0.632. The first-order chi connectivity index (χ1) is 21.4. The number of nitrogens with zero attached hydrogens (tertiary/aromatic N) is 4. The Morgan fingerprint density at radius 2 is 1.75 bits per heavy atom. The van der Waals surface area contributed by atoms with Gasteiger partial charge in [-0.05, 0) is 53.9 Å². The molecule has 0 aliphatic carbocycles. The van der Waals surface area contributed by atoms with Gasteiger partial charge in [0.1, 0.15) is 11.9 Å². The highest BCUT2D eigenvalue weighted by Crippen LogP contribution is 2.29. The molecule has 7 rings (SSSR count). The molecule has 1 saturated heterocycles. The highest BCUT2D eigenvalue weighted by Gasteiger charge is 2.39. The van der Waals surface area contributed by atoms with Gasteiger partial charge in [0, 0.05) is 19.5 Å². The van der Waals surface area contributed by atoms with Crippen molar-refractivity contribution in [2.45, 2.75) is 31.5 Å². The van der Waals surface area contributed by atoms with Gasteiger partial charge in [-0.3, -0.25) is 14.4 Å². The predicted octanol–water partition coefficient (Wildman–Crippen LogP) is 2.31. The van der Waals surface area contributed by atoms with E-state index in [9.17, 15) is 14.4 Å². The van der Waals surface area contributed by atoms with Gasteiger partial charge in [-0.2, -0.15) is 0 Å². The van der Waals surface area contributed by atoms with E-state index in [1.165, 1.54) is 7.11 Å². The molecule has 0 spiro atoms. The number of carbonyl (C=O) groups is 3. The van der Waals surface area contributed by atoms with Crippen molar-refractivity contribution in [2.24, 2.45) is 0 Å². The maximum absolute atomic E-state index is 13.5. The molecule has 4 bridgehead atoms. The van der Waals surface area contributed by atoms with Gasteiger partial charge in [0.05, 0.1) is 31.6 Å². The fourth-order valence-electron chi connectivity index (χ4n) is 5.21. The molecule has 4 aromatic rings. The minimum Gasteiger partial charge on any atom is -0.493 e. The normalized spacial score (nSPS) is 18.9. The zero-order valence-electron chi connectivity index (χ0n) is 24.1. The van der Waals surface area contributed by atoms with E-state index in [0.29, 0.717) is 30.2 Å². The molecule has 3 aliphatic heterocycles. The molecule has 1 aromatic heterocycles. The van der Waals surface area contributed by atoms with Gasteiger partial charge in [0.25, 0.3) is 11.8 Å². The summed E-state index contributed by atoms with van der Waals surface area (Å²) in [5, 5.41) is 14.1. The SMILES string of the molecule is COc1ccc2cc1OCC(=O)NCc1ccc(cc1)O[C@H]1CN(C(=O)c3cn(-c4ccccc4)nn3)C[C@@H]1NC(=O)CC2. The van der Waals surface area contributed by atoms with E-state index < -0.39 is 12.1 Å². The second-order valence-corrected chi connectivity index (χ2v) is 10.6. The number of fused-ring (bicyclic) bond motifs is 9. The van der Waals surface area contributed by atoms with E-state index in [1.54, 1.807) is 40.0 Å². The number of carbonyl (C=O) groups excluding carboxylic acids is 3. The maximum Gasteiger partial charge on any atom is 0.276 e. The first-order valence-electron chi connectivity index (χ1n) is 14.3. The Morgan fingerprint density at radius 1 is 0.955 bits per heavy atom. The smallest absolute Gasteiger partial charge is 0.276 e. The van der Waals surface area contributed by atoms with Gasteiger partial charge in [-0.15, -0.1) is 5.10 Å². The van der Waals surface area contributed by atoms with Gasteiger partial charge in [0.15, 0.2) is 23.8 Å². The Bertz CT molecular complexity index is 1640. The van der Waals surface area contributed by atoms with Crippen LogP contribution in [-0.2, 0) is 22.6 Å². The molecule has 12 nitrogen and oxygen atoms in total. The number of aryl methyl sites for hydroxylation is 1. The molecule has 0 unspecified atom stereocenters. The standard InChI is InChI=1S/C32H32N6O6/c1-42-27-13-9-21-10-14-30(39)34-25-17-37(32(41)26-18-38(36-35-26)23-5-3-2-4-6-23)19-29(25)44-24-11-7-22(8-12-24)16-33-31(40)20-43-28(27)15-21/h2-9,11-13,15,18,25,29H,10,14,16-17,19-20H2,1H3,(H,33,40)(H,34,39)/t25-,29-/m0/s1.